The molecule has 90 valence electrons. The Morgan fingerprint density at radius 1 is 1.33 bits per heavy atom. The van der Waals surface area contributed by atoms with Gasteiger partial charge >= 0.3 is 0 Å². The Kier molecular flexibility index (Phi) is 2.41. The summed E-state index contributed by atoms with van der Waals surface area (Å²) in [6.07, 6.45) is 5.13. The number of fused-ring (bicyclic) bond motifs is 1. The number of aromatic nitrogens is 4. The van der Waals surface area contributed by atoms with Gasteiger partial charge in [-0.1, -0.05) is 11.6 Å². The summed E-state index contributed by atoms with van der Waals surface area (Å²) in [6, 6.07) is 5.01. The van der Waals surface area contributed by atoms with Gasteiger partial charge in [-0.3, -0.25) is 9.36 Å². The molecule has 3 heterocycles. The number of aryl methyl sites for hydroxylation is 1. The van der Waals surface area contributed by atoms with E-state index in [9.17, 15) is 4.79 Å². The number of rotatable bonds is 1. The fourth-order valence-electron chi connectivity index (χ4n) is 1.82. The summed E-state index contributed by atoms with van der Waals surface area (Å²) in [6.45, 7) is 0. The standard InChI is InChI=1S/C12H9ClN4O/c1-16-9-2-3-10(17-5-4-14-7-17)15-12(9)8(13)6-11(16)18/h2-7H,1H3. The van der Waals surface area contributed by atoms with Gasteiger partial charge in [-0.25, -0.2) is 9.97 Å². The Hall–Kier alpha value is -2.14. The molecule has 3 aromatic heterocycles. The zero-order valence-electron chi connectivity index (χ0n) is 9.54. The maximum Gasteiger partial charge on any atom is 0.252 e. The lowest BCUT2D eigenvalue weighted by molar-refractivity contribution is 0.899. The minimum absolute atomic E-state index is 0.148. The second-order valence-corrected chi connectivity index (χ2v) is 4.30. The van der Waals surface area contributed by atoms with Crippen LogP contribution in [0.3, 0.4) is 0 Å². The number of hydrogen-bond donors (Lipinski definition) is 0. The van der Waals surface area contributed by atoms with Gasteiger partial charge in [0.25, 0.3) is 5.56 Å². The summed E-state index contributed by atoms with van der Waals surface area (Å²) in [5.41, 5.74) is 1.16. The number of hydrogen-bond acceptors (Lipinski definition) is 3. The molecule has 0 radical (unpaired) electrons. The van der Waals surface area contributed by atoms with E-state index in [-0.39, 0.29) is 5.56 Å². The molecule has 0 fully saturated rings. The first-order chi connectivity index (χ1) is 8.66. The second-order valence-electron chi connectivity index (χ2n) is 3.90. The van der Waals surface area contributed by atoms with E-state index in [1.165, 1.54) is 10.6 Å². The number of halogens is 1. The van der Waals surface area contributed by atoms with Crippen LogP contribution in [0.2, 0.25) is 5.02 Å². The van der Waals surface area contributed by atoms with Crippen LogP contribution in [0.1, 0.15) is 0 Å². The molecule has 3 rings (SSSR count). The molecule has 0 amide bonds. The number of imidazole rings is 1. The van der Waals surface area contributed by atoms with Crippen molar-refractivity contribution < 1.29 is 0 Å². The highest BCUT2D eigenvalue weighted by Gasteiger charge is 2.08. The first kappa shape index (κ1) is 11.0. The van der Waals surface area contributed by atoms with Gasteiger partial charge < -0.3 is 4.57 Å². The van der Waals surface area contributed by atoms with Gasteiger partial charge in [0, 0.05) is 25.5 Å². The molecule has 0 aromatic carbocycles. The molecular formula is C12H9ClN4O. The van der Waals surface area contributed by atoms with E-state index < -0.39 is 0 Å². The minimum atomic E-state index is -0.148. The lowest BCUT2D eigenvalue weighted by atomic mass is 10.3. The van der Waals surface area contributed by atoms with Gasteiger partial charge in [0.2, 0.25) is 0 Å². The zero-order valence-corrected chi connectivity index (χ0v) is 10.3. The summed E-state index contributed by atoms with van der Waals surface area (Å²) in [5, 5.41) is 0.357. The molecule has 0 aliphatic heterocycles. The SMILES string of the molecule is Cn1c(=O)cc(Cl)c2nc(-n3ccnc3)ccc21. The third-order valence-electron chi connectivity index (χ3n) is 2.80. The molecule has 6 heteroatoms. The Labute approximate surface area is 107 Å². The van der Waals surface area contributed by atoms with Crippen LogP contribution in [-0.4, -0.2) is 19.1 Å². The Morgan fingerprint density at radius 2 is 2.17 bits per heavy atom. The van der Waals surface area contributed by atoms with Gasteiger partial charge in [0.05, 0.1) is 10.5 Å². The largest absolute Gasteiger partial charge is 0.310 e. The smallest absolute Gasteiger partial charge is 0.252 e. The number of pyridine rings is 2. The van der Waals surface area contributed by atoms with Gasteiger partial charge in [-0.2, -0.15) is 0 Å². The normalized spacial score (nSPS) is 11.0. The van der Waals surface area contributed by atoms with Crippen molar-refractivity contribution in [2.75, 3.05) is 0 Å². The van der Waals surface area contributed by atoms with Crippen molar-refractivity contribution in [2.45, 2.75) is 0 Å². The third kappa shape index (κ3) is 1.60. The molecule has 0 N–H and O–H groups in total. The van der Waals surface area contributed by atoms with Crippen LogP contribution in [0.25, 0.3) is 16.9 Å². The van der Waals surface area contributed by atoms with Crippen molar-refractivity contribution in [1.82, 2.24) is 19.1 Å². The monoisotopic (exact) mass is 260 g/mol. The third-order valence-corrected chi connectivity index (χ3v) is 3.08. The van der Waals surface area contributed by atoms with Crippen LogP contribution in [0.15, 0.2) is 41.7 Å². The Bertz CT molecular complexity index is 777. The molecule has 0 saturated heterocycles. The summed E-state index contributed by atoms with van der Waals surface area (Å²) in [5.74, 6) is 0.709. The molecule has 0 aliphatic rings. The highest BCUT2D eigenvalue weighted by Crippen LogP contribution is 2.20. The molecule has 3 aromatic rings. The topological polar surface area (TPSA) is 52.7 Å². The van der Waals surface area contributed by atoms with Crippen LogP contribution in [0, 0.1) is 0 Å². The van der Waals surface area contributed by atoms with Gasteiger partial charge in [0.1, 0.15) is 17.7 Å². The molecule has 0 unspecified atom stereocenters. The van der Waals surface area contributed by atoms with Crippen molar-refractivity contribution in [1.29, 1.82) is 0 Å². The van der Waals surface area contributed by atoms with Crippen LogP contribution >= 0.6 is 11.6 Å². The highest BCUT2D eigenvalue weighted by atomic mass is 35.5. The summed E-state index contributed by atoms with van der Waals surface area (Å²) < 4.78 is 3.30. The molecule has 18 heavy (non-hydrogen) atoms. The van der Waals surface area contributed by atoms with E-state index >= 15 is 0 Å². The zero-order chi connectivity index (χ0) is 12.7. The first-order valence-electron chi connectivity index (χ1n) is 5.31. The predicted molar refractivity (Wildman–Crippen MR) is 69.1 cm³/mol. The van der Waals surface area contributed by atoms with Gasteiger partial charge in [-0.05, 0) is 12.1 Å². The van der Waals surface area contributed by atoms with Crippen molar-refractivity contribution in [3.63, 3.8) is 0 Å². The van der Waals surface area contributed by atoms with Crippen molar-refractivity contribution >= 4 is 22.6 Å². The predicted octanol–water partition coefficient (Wildman–Crippen LogP) is 1.77. The van der Waals surface area contributed by atoms with E-state index in [1.807, 2.05) is 12.1 Å². The fourth-order valence-corrected chi connectivity index (χ4v) is 2.05. The molecule has 0 spiro atoms. The average molecular weight is 261 g/mol. The van der Waals surface area contributed by atoms with Crippen LogP contribution in [-0.2, 0) is 7.05 Å². The maximum atomic E-state index is 11.6. The molecule has 0 saturated carbocycles. The van der Waals surface area contributed by atoms with Crippen molar-refractivity contribution in [3.05, 3.63) is 52.3 Å². The lowest BCUT2D eigenvalue weighted by Gasteiger charge is -2.07. The minimum Gasteiger partial charge on any atom is -0.310 e. The first-order valence-corrected chi connectivity index (χ1v) is 5.69. The van der Waals surface area contributed by atoms with Gasteiger partial charge in [-0.15, -0.1) is 0 Å². The summed E-state index contributed by atoms with van der Waals surface area (Å²) >= 11 is 6.07. The van der Waals surface area contributed by atoms with Crippen LogP contribution < -0.4 is 5.56 Å². The summed E-state index contributed by atoms with van der Waals surface area (Å²) in [7, 11) is 1.69. The molecule has 0 atom stereocenters. The fraction of sp³-hybridized carbons (Fsp3) is 0.0833. The average Bonchev–Trinajstić information content (AvgIpc) is 2.89. The summed E-state index contributed by atoms with van der Waals surface area (Å²) in [4.78, 5) is 20.0. The van der Waals surface area contributed by atoms with E-state index in [0.717, 1.165) is 0 Å². The van der Waals surface area contributed by atoms with Gasteiger partial charge in [0.15, 0.2) is 0 Å². The van der Waals surface area contributed by atoms with E-state index in [1.54, 1.807) is 30.3 Å². The van der Waals surface area contributed by atoms with E-state index in [4.69, 9.17) is 11.6 Å². The highest BCUT2D eigenvalue weighted by molar-refractivity contribution is 6.34. The second kappa shape index (κ2) is 3.96. The van der Waals surface area contributed by atoms with Crippen LogP contribution in [0.4, 0.5) is 0 Å². The molecule has 0 aliphatic carbocycles. The lowest BCUT2D eigenvalue weighted by Crippen LogP contribution is -2.16. The Morgan fingerprint density at radius 3 is 2.89 bits per heavy atom. The quantitative estimate of drug-likeness (QED) is 0.670. The molecule has 5 nitrogen and oxygen atoms in total. The number of nitrogens with zero attached hydrogens (tertiary/aromatic N) is 4. The van der Waals surface area contributed by atoms with Crippen molar-refractivity contribution in [3.8, 4) is 5.82 Å². The van der Waals surface area contributed by atoms with Crippen LogP contribution in [0.5, 0.6) is 0 Å². The Balaban J connectivity index is 2.34. The van der Waals surface area contributed by atoms with E-state index in [2.05, 4.69) is 9.97 Å². The maximum absolute atomic E-state index is 11.6. The van der Waals surface area contributed by atoms with E-state index in [0.29, 0.717) is 21.9 Å². The molecule has 0 bridgehead atoms. The molecular weight excluding hydrogens is 252 g/mol. The van der Waals surface area contributed by atoms with Crippen molar-refractivity contribution in [2.24, 2.45) is 7.05 Å².